The number of hydrogen-bond donors (Lipinski definition) is 1. The van der Waals surface area contributed by atoms with Gasteiger partial charge in [-0.1, -0.05) is 30.0 Å². The van der Waals surface area contributed by atoms with E-state index in [1.165, 1.54) is 11.8 Å². The van der Waals surface area contributed by atoms with E-state index in [4.69, 9.17) is 0 Å². The molecule has 0 fully saturated rings. The zero-order chi connectivity index (χ0) is 15.5. The molecule has 0 bridgehead atoms. The topological polar surface area (TPSA) is 36.8 Å². The molecule has 6 heteroatoms. The minimum Gasteiger partial charge on any atom is -0.255 e. The Morgan fingerprint density at radius 3 is 2.73 bits per heavy atom. The lowest BCUT2D eigenvalue weighted by Crippen LogP contribution is -2.25. The maximum absolute atomic E-state index is 13.7. The zero-order valence-electron chi connectivity index (χ0n) is 11.8. The van der Waals surface area contributed by atoms with Crippen molar-refractivity contribution in [2.75, 3.05) is 5.75 Å². The predicted molar refractivity (Wildman–Crippen MR) is 86.8 cm³/mol. The highest BCUT2D eigenvalue weighted by Crippen LogP contribution is 2.22. The number of nitrogens with zero attached hydrogens (tertiary/aromatic N) is 2. The molecule has 0 saturated heterocycles. The van der Waals surface area contributed by atoms with Gasteiger partial charge in [0.2, 0.25) is 0 Å². The molecular weight excluding hydrogens is 304 g/mol. The molecule has 0 saturated carbocycles. The first-order valence-electron chi connectivity index (χ1n) is 6.68. The normalized spacial score (nSPS) is 16.3. The van der Waals surface area contributed by atoms with E-state index in [0.717, 1.165) is 29.4 Å². The summed E-state index contributed by atoms with van der Waals surface area (Å²) in [6.07, 6.45) is 0. The minimum absolute atomic E-state index is 0.176. The summed E-state index contributed by atoms with van der Waals surface area (Å²) in [5.41, 5.74) is 5.35. The fourth-order valence-corrected chi connectivity index (χ4v) is 2.80. The molecule has 0 aromatic heterocycles. The van der Waals surface area contributed by atoms with Crippen LogP contribution in [0, 0.1) is 18.6 Å². The Labute approximate surface area is 131 Å². The van der Waals surface area contributed by atoms with E-state index in [1.807, 2.05) is 31.2 Å². The number of hydrazone groups is 1. The summed E-state index contributed by atoms with van der Waals surface area (Å²) in [6.45, 7) is 1.98. The van der Waals surface area contributed by atoms with Gasteiger partial charge >= 0.3 is 0 Å². The summed E-state index contributed by atoms with van der Waals surface area (Å²) in [6, 6.07) is 11.1. The van der Waals surface area contributed by atoms with E-state index < -0.39 is 11.6 Å². The first-order valence-corrected chi connectivity index (χ1v) is 7.67. The zero-order valence-corrected chi connectivity index (χ0v) is 12.6. The Balaban J connectivity index is 1.83. The highest BCUT2D eigenvalue weighted by atomic mass is 32.2. The van der Waals surface area contributed by atoms with E-state index in [1.54, 1.807) is 0 Å². The number of nitrogens with one attached hydrogen (secondary N) is 1. The molecule has 1 heterocycles. The molecule has 2 aromatic carbocycles. The largest absolute Gasteiger partial charge is 0.255 e. The van der Waals surface area contributed by atoms with Crippen LogP contribution in [0.15, 0.2) is 52.6 Å². The number of rotatable bonds is 2. The maximum atomic E-state index is 13.7. The molecule has 112 valence electrons. The lowest BCUT2D eigenvalue weighted by molar-refractivity contribution is 0.598. The van der Waals surface area contributed by atoms with Gasteiger partial charge < -0.3 is 0 Å². The molecule has 1 aliphatic heterocycles. The number of amidine groups is 1. The summed E-state index contributed by atoms with van der Waals surface area (Å²) >= 11 is 1.40. The van der Waals surface area contributed by atoms with Crippen molar-refractivity contribution in [1.82, 2.24) is 5.43 Å². The second-order valence-electron chi connectivity index (χ2n) is 4.79. The van der Waals surface area contributed by atoms with Crippen molar-refractivity contribution in [3.05, 3.63) is 65.2 Å². The van der Waals surface area contributed by atoms with Crippen molar-refractivity contribution >= 4 is 28.3 Å². The van der Waals surface area contributed by atoms with Crippen LogP contribution in [0.25, 0.3) is 0 Å². The molecule has 3 rings (SSSR count). The van der Waals surface area contributed by atoms with Crippen LogP contribution >= 0.6 is 11.8 Å². The van der Waals surface area contributed by atoms with Gasteiger partial charge in [-0.3, -0.25) is 5.43 Å². The molecule has 0 atom stereocenters. The van der Waals surface area contributed by atoms with Crippen molar-refractivity contribution in [2.45, 2.75) is 6.92 Å². The van der Waals surface area contributed by atoms with Gasteiger partial charge in [0.1, 0.15) is 11.6 Å². The van der Waals surface area contributed by atoms with Crippen LogP contribution in [0.5, 0.6) is 0 Å². The standard InChI is InChI=1S/C16H13F2N3S/c1-10-4-2-3-5-14(10)19-16-21-20-15(9-22-16)12-8-11(17)6-7-13(12)18/h2-8H,9H2,1H3,(H,19,21). The lowest BCUT2D eigenvalue weighted by Gasteiger charge is -2.15. The number of para-hydroxylation sites is 1. The molecule has 1 N–H and O–H groups in total. The summed E-state index contributed by atoms with van der Waals surface area (Å²) in [4.78, 5) is 4.48. The van der Waals surface area contributed by atoms with Gasteiger partial charge in [0.15, 0.2) is 5.17 Å². The van der Waals surface area contributed by atoms with Crippen LogP contribution in [0.2, 0.25) is 0 Å². The number of halogens is 2. The average Bonchev–Trinajstić information content (AvgIpc) is 2.53. The molecule has 0 radical (unpaired) electrons. The maximum Gasteiger partial charge on any atom is 0.182 e. The highest BCUT2D eigenvalue weighted by molar-refractivity contribution is 8.14. The molecule has 2 aromatic rings. The smallest absolute Gasteiger partial charge is 0.182 e. The lowest BCUT2D eigenvalue weighted by atomic mass is 10.1. The molecule has 0 spiro atoms. The second-order valence-corrected chi connectivity index (χ2v) is 5.75. The first kappa shape index (κ1) is 14.7. The van der Waals surface area contributed by atoms with Gasteiger partial charge in [-0.25, -0.2) is 13.8 Å². The average molecular weight is 317 g/mol. The van der Waals surface area contributed by atoms with E-state index in [-0.39, 0.29) is 5.56 Å². The van der Waals surface area contributed by atoms with E-state index in [0.29, 0.717) is 16.6 Å². The fourth-order valence-electron chi connectivity index (χ4n) is 2.03. The van der Waals surface area contributed by atoms with Crippen molar-refractivity contribution in [3.63, 3.8) is 0 Å². The van der Waals surface area contributed by atoms with Gasteiger partial charge in [0.05, 0.1) is 11.4 Å². The van der Waals surface area contributed by atoms with Crippen LogP contribution < -0.4 is 5.43 Å². The Bertz CT molecular complexity index is 772. The minimum atomic E-state index is -0.484. The quantitative estimate of drug-likeness (QED) is 0.909. The number of aryl methyl sites for hydroxylation is 1. The van der Waals surface area contributed by atoms with Gasteiger partial charge in [-0.2, -0.15) is 5.10 Å². The monoisotopic (exact) mass is 317 g/mol. The third kappa shape index (κ3) is 3.17. The number of benzene rings is 2. The van der Waals surface area contributed by atoms with E-state index in [2.05, 4.69) is 15.5 Å². The number of hydrogen-bond acceptors (Lipinski definition) is 3. The second kappa shape index (κ2) is 6.27. The van der Waals surface area contributed by atoms with Crippen molar-refractivity contribution < 1.29 is 8.78 Å². The SMILES string of the molecule is Cc1ccccc1N=C1NN=C(c2cc(F)ccc2F)CS1. The molecule has 0 aliphatic carbocycles. The molecule has 0 unspecified atom stereocenters. The fraction of sp³-hybridized carbons (Fsp3) is 0.125. The van der Waals surface area contributed by atoms with Crippen LogP contribution in [0.4, 0.5) is 14.5 Å². The van der Waals surface area contributed by atoms with Gasteiger partial charge in [-0.05, 0) is 36.8 Å². The summed E-state index contributed by atoms with van der Waals surface area (Å²) in [5, 5.41) is 4.75. The molecule has 1 aliphatic rings. The van der Waals surface area contributed by atoms with Gasteiger partial charge in [-0.15, -0.1) is 0 Å². The van der Waals surface area contributed by atoms with Crippen LogP contribution in [-0.4, -0.2) is 16.6 Å². The van der Waals surface area contributed by atoms with Crippen molar-refractivity contribution in [2.24, 2.45) is 10.1 Å². The molecular formula is C16H13F2N3S. The third-order valence-corrected chi connectivity index (χ3v) is 4.08. The third-order valence-electron chi connectivity index (χ3n) is 3.21. The Morgan fingerprint density at radius 1 is 1.18 bits per heavy atom. The summed E-state index contributed by atoms with van der Waals surface area (Å²) in [7, 11) is 0. The van der Waals surface area contributed by atoms with Gasteiger partial charge in [0.25, 0.3) is 0 Å². The van der Waals surface area contributed by atoms with Crippen molar-refractivity contribution in [1.29, 1.82) is 0 Å². The first-order chi connectivity index (χ1) is 10.6. The van der Waals surface area contributed by atoms with Crippen molar-refractivity contribution in [3.8, 4) is 0 Å². The number of aliphatic imine (C=N–C) groups is 1. The Kier molecular flexibility index (Phi) is 4.20. The number of thioether (sulfide) groups is 1. The summed E-state index contributed by atoms with van der Waals surface area (Å²) < 4.78 is 27.0. The van der Waals surface area contributed by atoms with Gasteiger partial charge in [0, 0.05) is 11.3 Å². The van der Waals surface area contributed by atoms with Crippen LogP contribution in [-0.2, 0) is 0 Å². The van der Waals surface area contributed by atoms with E-state index in [9.17, 15) is 8.78 Å². The van der Waals surface area contributed by atoms with Crippen LogP contribution in [0.1, 0.15) is 11.1 Å². The summed E-state index contributed by atoms with van der Waals surface area (Å²) in [5.74, 6) is -0.539. The molecule has 3 nitrogen and oxygen atoms in total. The van der Waals surface area contributed by atoms with E-state index >= 15 is 0 Å². The highest BCUT2D eigenvalue weighted by Gasteiger charge is 2.17. The molecule has 0 amide bonds. The van der Waals surface area contributed by atoms with Crippen LogP contribution in [0.3, 0.4) is 0 Å². The Hall–Kier alpha value is -2.21. The molecule has 22 heavy (non-hydrogen) atoms. The predicted octanol–water partition coefficient (Wildman–Crippen LogP) is 4.00. The Morgan fingerprint density at radius 2 is 2.00 bits per heavy atom.